The summed E-state index contributed by atoms with van der Waals surface area (Å²) in [4.78, 5) is 21.4. The maximum atomic E-state index is 14.6. The van der Waals surface area contributed by atoms with Crippen molar-refractivity contribution < 1.29 is 41.7 Å². The molecule has 1 unspecified atom stereocenters. The lowest BCUT2D eigenvalue weighted by Gasteiger charge is -2.27. The van der Waals surface area contributed by atoms with Crippen LogP contribution in [0.15, 0.2) is 18.2 Å². The number of non-ortho nitro benzene ring substituents is 1. The van der Waals surface area contributed by atoms with Crippen LogP contribution in [0.1, 0.15) is 12.5 Å². The second-order valence-corrected chi connectivity index (χ2v) is 8.35. The summed E-state index contributed by atoms with van der Waals surface area (Å²) in [6.45, 7) is 0.325. The molecule has 14 heteroatoms. The summed E-state index contributed by atoms with van der Waals surface area (Å²) in [5.41, 5.74) is 0.138. The van der Waals surface area contributed by atoms with Crippen molar-refractivity contribution >= 4 is 38.9 Å². The van der Waals surface area contributed by atoms with Gasteiger partial charge >= 0.3 is 13.8 Å². The third-order valence-electron chi connectivity index (χ3n) is 4.17. The van der Waals surface area contributed by atoms with Crippen LogP contribution in [-0.4, -0.2) is 48.7 Å². The average molecular weight is 438 g/mol. The molecular formula is C14H15BClFNO9P. The standard InChI is InChI=1S/C14H15BClFNO9P/c1-7(19)25-12-11(26-13(15)14(12,16)17)6-24-28(22)23-5-8-4-9(18(20)21)2-3-10(8)27-28/h2-4,11-13H,5-6,15H2,1H3/t11-,12-,13-,14-,28?/m1/s1. The number of benzene rings is 1. The monoisotopic (exact) mass is 437 g/mol. The van der Waals surface area contributed by atoms with Gasteiger partial charge in [0.25, 0.3) is 5.69 Å². The highest BCUT2D eigenvalue weighted by Gasteiger charge is 2.57. The zero-order valence-corrected chi connectivity index (χ0v) is 16.4. The number of nitro benzene ring substituents is 1. The number of phosphoric acid groups is 1. The molecule has 0 saturated carbocycles. The lowest BCUT2D eigenvalue weighted by Crippen LogP contribution is -2.43. The summed E-state index contributed by atoms with van der Waals surface area (Å²) < 4.78 is 52.9. The van der Waals surface area contributed by atoms with Gasteiger partial charge in [0.15, 0.2) is 6.10 Å². The van der Waals surface area contributed by atoms with Gasteiger partial charge in [0, 0.05) is 24.6 Å². The van der Waals surface area contributed by atoms with E-state index >= 15 is 0 Å². The number of carbonyl (C=O) groups is 1. The Bertz CT molecular complexity index is 856. The molecule has 0 radical (unpaired) electrons. The van der Waals surface area contributed by atoms with E-state index in [1.807, 2.05) is 0 Å². The van der Waals surface area contributed by atoms with Gasteiger partial charge in [-0.2, -0.15) is 0 Å². The fourth-order valence-corrected chi connectivity index (χ4v) is 4.23. The minimum atomic E-state index is -4.12. The third-order valence-corrected chi connectivity index (χ3v) is 6.02. The molecule has 0 bridgehead atoms. The first kappa shape index (κ1) is 21.0. The van der Waals surface area contributed by atoms with Gasteiger partial charge in [0.05, 0.1) is 24.1 Å². The first-order valence-corrected chi connectivity index (χ1v) is 9.92. The van der Waals surface area contributed by atoms with Gasteiger partial charge in [-0.3, -0.25) is 24.0 Å². The van der Waals surface area contributed by atoms with Crippen LogP contribution >= 0.6 is 19.4 Å². The Balaban J connectivity index is 1.69. The van der Waals surface area contributed by atoms with Crippen molar-refractivity contribution in [1.82, 2.24) is 0 Å². The topological polar surface area (TPSA) is 123 Å². The number of halogens is 2. The molecule has 3 rings (SSSR count). The summed E-state index contributed by atoms with van der Waals surface area (Å²) in [6.07, 6.45) is -2.65. The first-order chi connectivity index (χ1) is 13.0. The van der Waals surface area contributed by atoms with E-state index in [9.17, 15) is 23.9 Å². The number of nitro groups is 1. The largest absolute Gasteiger partial charge is 0.530 e. The molecule has 2 heterocycles. The molecule has 28 heavy (non-hydrogen) atoms. The maximum Gasteiger partial charge on any atom is 0.530 e. The van der Waals surface area contributed by atoms with E-state index in [-0.39, 0.29) is 18.0 Å². The number of hydrogen-bond donors (Lipinski definition) is 0. The molecule has 2 aliphatic rings. The lowest BCUT2D eigenvalue weighted by molar-refractivity contribution is -0.385. The minimum absolute atomic E-state index is 0.0922. The van der Waals surface area contributed by atoms with Crippen LogP contribution < -0.4 is 4.52 Å². The molecule has 0 aromatic heterocycles. The Hall–Kier alpha value is -1.72. The van der Waals surface area contributed by atoms with Gasteiger partial charge in [0.1, 0.15) is 19.7 Å². The van der Waals surface area contributed by atoms with Crippen molar-refractivity contribution in [2.24, 2.45) is 0 Å². The molecule has 1 fully saturated rings. The van der Waals surface area contributed by atoms with E-state index in [1.165, 1.54) is 26.0 Å². The SMILES string of the molecule is B[C@@H]1O[C@H](COP2(=O)OCc3cc([N+](=O)[O-])ccc3O2)[C@@H](OC(C)=O)[C@]1(F)Cl. The molecule has 1 saturated heterocycles. The number of hydrogen-bond acceptors (Lipinski definition) is 9. The molecular weight excluding hydrogens is 422 g/mol. The van der Waals surface area contributed by atoms with E-state index < -0.39 is 48.7 Å². The van der Waals surface area contributed by atoms with E-state index in [0.717, 1.165) is 6.92 Å². The molecule has 2 aliphatic heterocycles. The predicted molar refractivity (Wildman–Crippen MR) is 94.5 cm³/mol. The molecule has 1 aromatic rings. The predicted octanol–water partition coefficient (Wildman–Crippen LogP) is 1.82. The third kappa shape index (κ3) is 4.16. The van der Waals surface area contributed by atoms with Crippen LogP contribution in [0.5, 0.6) is 5.75 Å². The maximum absolute atomic E-state index is 14.6. The van der Waals surface area contributed by atoms with E-state index in [4.69, 9.17) is 34.6 Å². The number of carbonyl (C=O) groups excluding carboxylic acids is 1. The van der Waals surface area contributed by atoms with Crippen LogP contribution in [0.2, 0.25) is 0 Å². The molecule has 152 valence electrons. The van der Waals surface area contributed by atoms with Crippen molar-refractivity contribution in [2.45, 2.75) is 36.9 Å². The van der Waals surface area contributed by atoms with Gasteiger partial charge in [0.2, 0.25) is 5.13 Å². The summed E-state index contributed by atoms with van der Waals surface area (Å²) >= 11 is 5.78. The quantitative estimate of drug-likeness (QED) is 0.169. The molecule has 0 aliphatic carbocycles. The number of nitrogens with zero attached hydrogens (tertiary/aromatic N) is 1. The van der Waals surface area contributed by atoms with E-state index in [1.54, 1.807) is 0 Å². The highest BCUT2D eigenvalue weighted by molar-refractivity contribution is 7.49. The average Bonchev–Trinajstić information content (AvgIpc) is 2.82. The highest BCUT2D eigenvalue weighted by atomic mass is 35.5. The number of fused-ring (bicyclic) bond motifs is 1. The van der Waals surface area contributed by atoms with E-state index in [2.05, 4.69) is 0 Å². The van der Waals surface area contributed by atoms with Crippen molar-refractivity contribution in [3.8, 4) is 5.75 Å². The number of rotatable bonds is 5. The van der Waals surface area contributed by atoms with Crippen molar-refractivity contribution in [1.29, 1.82) is 0 Å². The highest BCUT2D eigenvalue weighted by Crippen LogP contribution is 2.55. The Labute approximate surface area is 164 Å². The van der Waals surface area contributed by atoms with Gasteiger partial charge in [-0.15, -0.1) is 0 Å². The second kappa shape index (κ2) is 7.60. The lowest BCUT2D eigenvalue weighted by atomic mass is 9.93. The van der Waals surface area contributed by atoms with Crippen LogP contribution in [0.4, 0.5) is 10.1 Å². The van der Waals surface area contributed by atoms with Crippen molar-refractivity contribution in [3.63, 3.8) is 0 Å². The number of ether oxygens (including phenoxy) is 2. The smallest absolute Gasteiger partial charge is 0.455 e. The molecule has 5 atom stereocenters. The Morgan fingerprint density at radius 2 is 2.29 bits per heavy atom. The zero-order valence-electron chi connectivity index (χ0n) is 14.7. The molecule has 1 aromatic carbocycles. The molecule has 10 nitrogen and oxygen atoms in total. The molecule has 0 N–H and O–H groups in total. The van der Waals surface area contributed by atoms with Gasteiger partial charge in [-0.05, 0) is 6.07 Å². The number of alkyl halides is 2. The summed E-state index contributed by atoms with van der Waals surface area (Å²) in [6, 6.07) is 2.55. The number of esters is 1. The van der Waals surface area contributed by atoms with Crippen LogP contribution in [-0.2, 0) is 34.5 Å². The van der Waals surface area contributed by atoms with Crippen LogP contribution in [0.25, 0.3) is 0 Å². The number of phosphoric ester groups is 1. The van der Waals surface area contributed by atoms with Crippen LogP contribution in [0.3, 0.4) is 0 Å². The van der Waals surface area contributed by atoms with Gasteiger partial charge < -0.3 is 14.0 Å². The normalized spacial score (nSPS) is 34.3. The Morgan fingerprint density at radius 3 is 2.93 bits per heavy atom. The summed E-state index contributed by atoms with van der Waals surface area (Å²) in [5, 5.41) is 8.31. The summed E-state index contributed by atoms with van der Waals surface area (Å²) in [7, 11) is -2.77. The van der Waals surface area contributed by atoms with Crippen molar-refractivity contribution in [3.05, 3.63) is 33.9 Å². The molecule has 0 amide bonds. The van der Waals surface area contributed by atoms with Crippen LogP contribution in [0, 0.1) is 10.1 Å². The zero-order chi connectivity index (χ0) is 20.7. The van der Waals surface area contributed by atoms with Gasteiger partial charge in [-0.1, -0.05) is 11.6 Å². The Morgan fingerprint density at radius 1 is 1.57 bits per heavy atom. The fourth-order valence-electron chi connectivity index (χ4n) is 2.77. The summed E-state index contributed by atoms with van der Waals surface area (Å²) in [5.74, 6) is -0.683. The Kier molecular flexibility index (Phi) is 5.70. The first-order valence-electron chi connectivity index (χ1n) is 8.08. The van der Waals surface area contributed by atoms with E-state index in [0.29, 0.717) is 5.56 Å². The van der Waals surface area contributed by atoms with Crippen molar-refractivity contribution in [2.75, 3.05) is 6.61 Å². The second-order valence-electron chi connectivity index (χ2n) is 6.18. The van der Waals surface area contributed by atoms with Gasteiger partial charge in [-0.25, -0.2) is 8.96 Å². The molecule has 0 spiro atoms. The fraction of sp³-hybridized carbons (Fsp3) is 0.500. The minimum Gasteiger partial charge on any atom is -0.455 e.